The minimum absolute atomic E-state index is 0.0364. The highest BCUT2D eigenvalue weighted by atomic mass is 32.2. The Kier molecular flexibility index (Phi) is 8.25. The van der Waals surface area contributed by atoms with Gasteiger partial charge in [0.1, 0.15) is 17.4 Å². The first-order valence-electron chi connectivity index (χ1n) is 11.6. The van der Waals surface area contributed by atoms with Crippen LogP contribution in [0.1, 0.15) is 35.9 Å². The molecule has 10 heteroatoms. The molecule has 3 aromatic rings. The number of benzene rings is 1. The molecule has 186 valence electrons. The Morgan fingerprint density at radius 2 is 1.89 bits per heavy atom. The van der Waals surface area contributed by atoms with Crippen molar-refractivity contribution in [3.63, 3.8) is 0 Å². The molecule has 35 heavy (non-hydrogen) atoms. The summed E-state index contributed by atoms with van der Waals surface area (Å²) in [6, 6.07) is 12.3. The zero-order chi connectivity index (χ0) is 24.8. The monoisotopic (exact) mass is 499 g/mol. The molecule has 0 radical (unpaired) electrons. The summed E-state index contributed by atoms with van der Waals surface area (Å²) >= 11 is 1.44. The first kappa shape index (κ1) is 25.0. The molecule has 3 heterocycles. The summed E-state index contributed by atoms with van der Waals surface area (Å²) in [5.41, 5.74) is 1.42. The van der Waals surface area contributed by atoms with Gasteiger partial charge in [0.2, 0.25) is 0 Å². The second kappa shape index (κ2) is 11.5. The zero-order valence-corrected chi connectivity index (χ0v) is 21.0. The lowest BCUT2D eigenvalue weighted by molar-refractivity contribution is 0.0913. The molecule has 1 saturated heterocycles. The molecule has 0 saturated carbocycles. The number of nitrogens with one attached hydrogen (secondary N) is 1. The molecule has 8 nitrogen and oxygen atoms in total. The first-order valence-corrected chi connectivity index (χ1v) is 12.5. The smallest absolute Gasteiger partial charge is 0.287 e. The summed E-state index contributed by atoms with van der Waals surface area (Å²) in [7, 11) is 1.63. The van der Waals surface area contributed by atoms with Gasteiger partial charge in [0, 0.05) is 45.4 Å². The zero-order valence-electron chi connectivity index (χ0n) is 20.2. The summed E-state index contributed by atoms with van der Waals surface area (Å²) in [4.78, 5) is 25.7. The van der Waals surface area contributed by atoms with Gasteiger partial charge in [-0.05, 0) is 38.1 Å². The van der Waals surface area contributed by atoms with Crippen LogP contribution in [-0.4, -0.2) is 55.2 Å². The minimum Gasteiger partial charge on any atom is -0.455 e. The number of furan rings is 1. The lowest BCUT2D eigenvalue weighted by Crippen LogP contribution is -2.47. The van der Waals surface area contributed by atoms with Crippen LogP contribution in [0.5, 0.6) is 0 Å². The molecule has 0 atom stereocenters. The van der Waals surface area contributed by atoms with Gasteiger partial charge < -0.3 is 24.3 Å². The van der Waals surface area contributed by atoms with E-state index in [1.165, 1.54) is 17.8 Å². The summed E-state index contributed by atoms with van der Waals surface area (Å²) in [5.74, 6) is 1.84. The van der Waals surface area contributed by atoms with Crippen molar-refractivity contribution in [2.45, 2.75) is 37.4 Å². The van der Waals surface area contributed by atoms with Crippen molar-refractivity contribution in [2.75, 3.05) is 43.1 Å². The first-order chi connectivity index (χ1) is 16.9. The van der Waals surface area contributed by atoms with E-state index in [0.29, 0.717) is 55.1 Å². The van der Waals surface area contributed by atoms with E-state index < -0.39 is 0 Å². The van der Waals surface area contributed by atoms with Crippen LogP contribution >= 0.6 is 11.8 Å². The number of thioether (sulfide) groups is 1. The molecule has 0 aliphatic carbocycles. The fourth-order valence-corrected chi connectivity index (χ4v) is 4.61. The van der Waals surface area contributed by atoms with E-state index in [2.05, 4.69) is 20.1 Å². The number of nitrogens with zero attached hydrogens (tertiary/aromatic N) is 4. The maximum Gasteiger partial charge on any atom is 0.287 e. The Morgan fingerprint density at radius 3 is 2.60 bits per heavy atom. The highest BCUT2D eigenvalue weighted by Crippen LogP contribution is 2.26. The molecule has 1 N–H and O–H groups in total. The summed E-state index contributed by atoms with van der Waals surface area (Å²) in [5, 5.41) is 3.43. The molecule has 1 aliphatic rings. The highest BCUT2D eigenvalue weighted by Gasteiger charge is 2.21. The van der Waals surface area contributed by atoms with Crippen molar-refractivity contribution < 1.29 is 18.3 Å². The van der Waals surface area contributed by atoms with Crippen LogP contribution in [0.25, 0.3) is 0 Å². The largest absolute Gasteiger partial charge is 0.455 e. The highest BCUT2D eigenvalue weighted by molar-refractivity contribution is 7.98. The lowest BCUT2D eigenvalue weighted by Gasteiger charge is -2.37. The van der Waals surface area contributed by atoms with Crippen molar-refractivity contribution in [1.82, 2.24) is 15.3 Å². The van der Waals surface area contributed by atoms with Crippen LogP contribution in [0.3, 0.4) is 0 Å². The molecule has 1 fully saturated rings. The standard InChI is InChI=1S/C25H30FN5O3S/c1-17(2)27-24(32)22-9-8-19(34-22)16-35-25-28-18(15-33-3)14-23(29-25)31-12-10-30(11-13-31)21-7-5-4-6-20(21)26/h4-9,14,17H,10-13,15-16H2,1-3H3,(H,27,32). The van der Waals surface area contributed by atoms with Gasteiger partial charge in [-0.3, -0.25) is 4.79 Å². The second-order valence-corrected chi connectivity index (χ2v) is 9.48. The Morgan fingerprint density at radius 1 is 1.14 bits per heavy atom. The third-order valence-electron chi connectivity index (χ3n) is 5.48. The quantitative estimate of drug-likeness (QED) is 0.348. The van der Waals surface area contributed by atoms with Crippen LogP contribution in [0, 0.1) is 5.82 Å². The molecule has 2 aromatic heterocycles. The minimum atomic E-state index is -0.230. The number of carbonyl (C=O) groups excluding carboxylic acids is 1. The molecule has 1 amide bonds. The van der Waals surface area contributed by atoms with Crippen LogP contribution < -0.4 is 15.1 Å². The molecular weight excluding hydrogens is 469 g/mol. The van der Waals surface area contributed by atoms with Gasteiger partial charge >= 0.3 is 0 Å². The maximum absolute atomic E-state index is 14.2. The van der Waals surface area contributed by atoms with Crippen LogP contribution in [-0.2, 0) is 17.1 Å². The second-order valence-electron chi connectivity index (χ2n) is 8.54. The molecule has 1 aromatic carbocycles. The van der Waals surface area contributed by atoms with E-state index in [4.69, 9.17) is 14.1 Å². The van der Waals surface area contributed by atoms with E-state index >= 15 is 0 Å². The van der Waals surface area contributed by atoms with Crippen molar-refractivity contribution >= 4 is 29.2 Å². The fourth-order valence-electron chi connectivity index (χ4n) is 3.84. The predicted octanol–water partition coefficient (Wildman–Crippen LogP) is 4.11. The van der Waals surface area contributed by atoms with Crippen molar-refractivity contribution in [1.29, 1.82) is 0 Å². The van der Waals surface area contributed by atoms with Crippen LogP contribution in [0.15, 0.2) is 52.0 Å². The molecule has 0 spiro atoms. The molecule has 1 aliphatic heterocycles. The van der Waals surface area contributed by atoms with Gasteiger partial charge in [0.15, 0.2) is 10.9 Å². The van der Waals surface area contributed by atoms with Gasteiger partial charge in [0.05, 0.1) is 23.7 Å². The third kappa shape index (κ3) is 6.52. The van der Waals surface area contributed by atoms with Crippen molar-refractivity contribution in [3.8, 4) is 0 Å². The summed E-state index contributed by atoms with van der Waals surface area (Å²) in [6.07, 6.45) is 0. The van der Waals surface area contributed by atoms with E-state index in [1.54, 1.807) is 25.3 Å². The van der Waals surface area contributed by atoms with Gasteiger partial charge in [0.25, 0.3) is 5.91 Å². The topological polar surface area (TPSA) is 83.7 Å². The van der Waals surface area contributed by atoms with E-state index in [-0.39, 0.29) is 23.5 Å². The van der Waals surface area contributed by atoms with Gasteiger partial charge in [-0.1, -0.05) is 23.9 Å². The van der Waals surface area contributed by atoms with Crippen molar-refractivity contribution in [2.24, 2.45) is 0 Å². The number of anilines is 2. The number of hydrogen-bond acceptors (Lipinski definition) is 8. The number of ether oxygens (including phenoxy) is 1. The number of para-hydroxylation sites is 1. The number of halogens is 1. The maximum atomic E-state index is 14.2. The van der Waals surface area contributed by atoms with Gasteiger partial charge in [-0.2, -0.15) is 0 Å². The molecule has 4 rings (SSSR count). The average molecular weight is 500 g/mol. The Balaban J connectivity index is 1.42. The van der Waals surface area contributed by atoms with Gasteiger partial charge in [-0.15, -0.1) is 0 Å². The number of amides is 1. The van der Waals surface area contributed by atoms with Crippen LogP contribution in [0.4, 0.5) is 15.9 Å². The number of aromatic nitrogens is 2. The molecule has 0 bridgehead atoms. The number of methoxy groups -OCH3 is 1. The number of hydrogen-bond donors (Lipinski definition) is 1. The SMILES string of the molecule is COCc1cc(N2CCN(c3ccccc3F)CC2)nc(SCc2ccc(C(=O)NC(C)C)o2)n1. The Labute approximate surface area is 208 Å². The normalized spacial score (nSPS) is 14.0. The molecule has 0 unspecified atom stereocenters. The van der Waals surface area contributed by atoms with Crippen molar-refractivity contribution in [3.05, 3.63) is 65.5 Å². The van der Waals surface area contributed by atoms with Crippen LogP contribution in [0.2, 0.25) is 0 Å². The Hall–Kier alpha value is -3.11. The third-order valence-corrected chi connectivity index (χ3v) is 6.35. The Bertz CT molecular complexity index is 1150. The number of rotatable bonds is 9. The summed E-state index contributed by atoms with van der Waals surface area (Å²) < 4.78 is 25.2. The van der Waals surface area contributed by atoms with E-state index in [0.717, 1.165) is 11.5 Å². The van der Waals surface area contributed by atoms with E-state index in [9.17, 15) is 9.18 Å². The van der Waals surface area contributed by atoms with Gasteiger partial charge in [-0.25, -0.2) is 14.4 Å². The predicted molar refractivity (Wildman–Crippen MR) is 134 cm³/mol. The average Bonchev–Trinajstić information content (AvgIpc) is 3.32. The van der Waals surface area contributed by atoms with E-state index in [1.807, 2.05) is 32.0 Å². The fraction of sp³-hybridized carbons (Fsp3) is 0.400. The molecular formula is C25H30FN5O3S. The number of piperazine rings is 1. The number of carbonyl (C=O) groups is 1. The lowest BCUT2D eigenvalue weighted by atomic mass is 10.2. The summed E-state index contributed by atoms with van der Waals surface area (Å²) in [6.45, 7) is 7.00.